The molecule has 0 bridgehead atoms. The van der Waals surface area contributed by atoms with E-state index in [9.17, 15) is 0 Å². The molecule has 3 aromatic carbocycles. The van der Waals surface area contributed by atoms with Crippen LogP contribution in [-0.4, -0.2) is 8.32 Å². The van der Waals surface area contributed by atoms with Crippen LogP contribution in [0.4, 0.5) is 0 Å². The average molecular weight is 421 g/mol. The number of hydrogen-bond acceptors (Lipinski definition) is 1. The quantitative estimate of drug-likeness (QED) is 0.590. The Morgan fingerprint density at radius 3 is 1.45 bits per heavy atom. The molecule has 1 nitrogen and oxygen atoms in total. The minimum atomic E-state index is -3.25. The molecule has 4 rings (SSSR count). The van der Waals surface area contributed by atoms with Gasteiger partial charge in [0.05, 0.1) is 0 Å². The normalized spacial score (nSPS) is 20.3. The van der Waals surface area contributed by atoms with Crippen LogP contribution in [0.2, 0.25) is 5.54 Å². The van der Waals surface area contributed by atoms with Gasteiger partial charge in [0, 0.05) is 8.32 Å². The van der Waals surface area contributed by atoms with Gasteiger partial charge in [0.2, 0.25) is 0 Å². The van der Waals surface area contributed by atoms with E-state index in [1.807, 2.05) is 0 Å². The van der Waals surface area contributed by atoms with Crippen molar-refractivity contribution in [2.24, 2.45) is 5.92 Å². The van der Waals surface area contributed by atoms with E-state index >= 15 is 4.80 Å². The largest absolute Gasteiger partial charge is 1.00 e. The van der Waals surface area contributed by atoms with Gasteiger partial charge in [0.15, 0.2) is 0 Å². The van der Waals surface area contributed by atoms with Crippen molar-refractivity contribution in [1.29, 1.82) is 0 Å². The maximum absolute atomic E-state index is 15.5. The molecule has 3 aromatic rings. The Kier molecular flexibility index (Phi) is 6.80. The van der Waals surface area contributed by atoms with E-state index < -0.39 is 8.32 Å². The number of hydrogen-bond donors (Lipinski definition) is 0. The molecule has 0 N–H and O–H groups in total. The topological polar surface area (TPSA) is 23.1 Å². The number of rotatable bonds is 4. The first kappa shape index (κ1) is 24.1. The van der Waals surface area contributed by atoms with Gasteiger partial charge in [-0.05, 0) is 64.5 Å². The molecule has 0 aliphatic heterocycles. The van der Waals surface area contributed by atoms with Crippen molar-refractivity contribution in [3.63, 3.8) is 0 Å². The Bertz CT molecular complexity index is 1000. The molecule has 1 saturated carbocycles. The Morgan fingerprint density at radius 2 is 1.06 bits per heavy atom. The van der Waals surface area contributed by atoms with Crippen LogP contribution in [0, 0.1) is 47.5 Å². The first-order valence-electron chi connectivity index (χ1n) is 11.1. The van der Waals surface area contributed by atoms with Gasteiger partial charge in [-0.15, -0.1) is 0 Å². The summed E-state index contributed by atoms with van der Waals surface area (Å²) in [5.41, 5.74) is 8.71. The fourth-order valence-corrected chi connectivity index (χ4v) is 11.6. The molecule has 0 heterocycles. The first-order chi connectivity index (χ1) is 14.2. The van der Waals surface area contributed by atoms with E-state index in [2.05, 4.69) is 103 Å². The third kappa shape index (κ3) is 4.01. The van der Waals surface area contributed by atoms with E-state index in [4.69, 9.17) is 0 Å². The summed E-state index contributed by atoms with van der Waals surface area (Å²) in [6.45, 7) is 15.2. The maximum Gasteiger partial charge on any atom is 1.00 e. The van der Waals surface area contributed by atoms with Crippen LogP contribution in [0.5, 0.6) is 0 Å². The Hall–Kier alpha value is -1.57. The first-order valence-corrected chi connectivity index (χ1v) is 13.1. The Morgan fingerprint density at radius 1 is 0.677 bits per heavy atom. The third-order valence-corrected chi connectivity index (χ3v) is 12.0. The van der Waals surface area contributed by atoms with E-state index in [-0.39, 0.29) is 24.4 Å². The average Bonchev–Trinajstić information content (AvgIpc) is 3.32. The van der Waals surface area contributed by atoms with Crippen molar-refractivity contribution < 1.29 is 23.7 Å². The molecule has 1 aliphatic carbocycles. The molecule has 31 heavy (non-hydrogen) atoms. The third-order valence-electron chi connectivity index (χ3n) is 7.13. The summed E-state index contributed by atoms with van der Waals surface area (Å²) in [4.78, 5) is 15.5. The second-order valence-electron chi connectivity index (χ2n) is 9.60. The second kappa shape index (κ2) is 8.76. The van der Waals surface area contributed by atoms with Gasteiger partial charge >= 0.3 is 18.9 Å². The van der Waals surface area contributed by atoms with Crippen LogP contribution < -0.4 is 34.0 Å². The molecule has 0 unspecified atom stereocenters. The molecule has 1 aliphatic rings. The smallest absolute Gasteiger partial charge is 0.851 e. The molecule has 3 atom stereocenters. The van der Waals surface area contributed by atoms with Crippen LogP contribution in [0.15, 0.2) is 54.6 Å². The molecule has 156 valence electrons. The van der Waals surface area contributed by atoms with Gasteiger partial charge in [0.25, 0.3) is 0 Å². The zero-order chi connectivity index (χ0) is 21.8. The summed E-state index contributed by atoms with van der Waals surface area (Å²) in [5.74, 6) is 0.771. The van der Waals surface area contributed by atoms with E-state index in [1.54, 1.807) is 0 Å². The fourth-order valence-electron chi connectivity index (χ4n) is 6.26. The Labute approximate surface area is 201 Å². The summed E-state index contributed by atoms with van der Waals surface area (Å²) >= 11 is 0. The summed E-state index contributed by atoms with van der Waals surface area (Å²) in [6, 6.07) is 19.6. The maximum atomic E-state index is 15.5. The van der Waals surface area contributed by atoms with Crippen molar-refractivity contribution in [3.05, 3.63) is 93.5 Å². The van der Waals surface area contributed by atoms with Crippen molar-refractivity contribution in [2.45, 2.75) is 59.9 Å². The van der Waals surface area contributed by atoms with E-state index in [0.29, 0.717) is 11.8 Å². The van der Waals surface area contributed by atoms with E-state index in [0.717, 1.165) is 10.4 Å². The summed E-state index contributed by atoms with van der Waals surface area (Å²) in [7, 11) is -3.25. The van der Waals surface area contributed by atoms with Gasteiger partial charge in [-0.3, -0.25) is 0 Å². The number of benzene rings is 3. The monoisotopic (exact) mass is 420 g/mol. The van der Waals surface area contributed by atoms with Crippen LogP contribution in [0.1, 0.15) is 51.8 Å². The summed E-state index contributed by atoms with van der Waals surface area (Å²) in [5, 5.41) is 2.25. The minimum Gasteiger partial charge on any atom is -0.851 e. The van der Waals surface area contributed by atoms with Gasteiger partial charge < -0.3 is 4.80 Å². The second-order valence-corrected chi connectivity index (χ2v) is 12.7. The molecule has 0 amide bonds. The van der Waals surface area contributed by atoms with Gasteiger partial charge in [-0.25, -0.2) is 0 Å². The van der Waals surface area contributed by atoms with Gasteiger partial charge in [-0.2, -0.15) is 0 Å². The molecule has 0 aromatic heterocycles. The molecule has 0 saturated heterocycles. The molecule has 3 heteroatoms. The van der Waals surface area contributed by atoms with Crippen LogP contribution in [0.25, 0.3) is 0 Å². The van der Waals surface area contributed by atoms with Crippen molar-refractivity contribution in [3.8, 4) is 0 Å². The zero-order valence-electron chi connectivity index (χ0n) is 20.3. The SMILES string of the molecule is Cc1cc(C)c([Si]([O-])(c2c(C)cc(C)cc2C)[C@@H]2[C@@H](C)[C@H]2c2ccccc2)c(C)c1.[Li+]. The minimum absolute atomic E-state index is 0. The van der Waals surface area contributed by atoms with Crippen molar-refractivity contribution in [1.82, 2.24) is 0 Å². The van der Waals surface area contributed by atoms with Crippen molar-refractivity contribution in [2.75, 3.05) is 0 Å². The molecular weight excluding hydrogens is 387 g/mol. The summed E-state index contributed by atoms with van der Waals surface area (Å²) < 4.78 is 0. The summed E-state index contributed by atoms with van der Waals surface area (Å²) in [6.07, 6.45) is 0. The van der Waals surface area contributed by atoms with Gasteiger partial charge in [-0.1, -0.05) is 105 Å². The number of aryl methyl sites for hydroxylation is 6. The molecule has 1 fully saturated rings. The molecule has 0 spiro atoms. The van der Waals surface area contributed by atoms with Crippen LogP contribution in [0.3, 0.4) is 0 Å². The van der Waals surface area contributed by atoms with Crippen LogP contribution in [-0.2, 0) is 0 Å². The van der Waals surface area contributed by atoms with Crippen LogP contribution >= 0.6 is 0 Å². The fraction of sp³-hybridized carbons (Fsp3) is 0.357. The predicted molar refractivity (Wildman–Crippen MR) is 128 cm³/mol. The standard InChI is InChI=1S/C28H33OSi.Li/c1-17-13-19(3)26(20(4)14-17)30(29,27-21(5)15-18(2)16-22(27)6)28-23(7)25(28)24-11-9-8-10-12-24;/h8-16,23,25,28H,1-7H3;/q-1;+1/t23-,25-,28+;/m0./s1. The van der Waals surface area contributed by atoms with Gasteiger partial charge in [0.1, 0.15) is 0 Å². The Balaban J connectivity index is 0.00000272. The van der Waals surface area contributed by atoms with E-state index in [1.165, 1.54) is 38.9 Å². The van der Waals surface area contributed by atoms with Crippen molar-refractivity contribution >= 4 is 18.7 Å². The predicted octanol–water partition coefficient (Wildman–Crippen LogP) is 1.76. The molecule has 0 radical (unpaired) electrons. The zero-order valence-corrected chi connectivity index (χ0v) is 21.3. The molecular formula is C28H33LiOSi.